The number of benzene rings is 2. The van der Waals surface area contributed by atoms with Crippen LogP contribution >= 0.6 is 7.21 Å². The zero-order chi connectivity index (χ0) is 20.8. The van der Waals surface area contributed by atoms with Gasteiger partial charge in [0.1, 0.15) is 0 Å². The molecule has 0 fully saturated rings. The summed E-state index contributed by atoms with van der Waals surface area (Å²) in [6, 6.07) is 0. The SMILES string of the molecule is Cc1c(C)c(C)c(N=P(C)(C)Nc2c(C)c(C)c(C)c(C)c2C)c(C)c1C. The lowest BCUT2D eigenvalue weighted by Gasteiger charge is -2.26. The molecular weight excluding hydrogens is 347 g/mol. The van der Waals surface area contributed by atoms with Crippen LogP contribution in [0, 0.1) is 69.2 Å². The average molecular weight is 385 g/mol. The van der Waals surface area contributed by atoms with Crippen molar-refractivity contribution in [1.29, 1.82) is 0 Å². The van der Waals surface area contributed by atoms with E-state index in [-0.39, 0.29) is 0 Å². The summed E-state index contributed by atoms with van der Waals surface area (Å²) in [5, 5.41) is 3.86. The molecule has 0 aliphatic heterocycles. The second-order valence-corrected chi connectivity index (χ2v) is 11.8. The van der Waals surface area contributed by atoms with Gasteiger partial charge in [-0.3, -0.25) is 0 Å². The molecule has 0 saturated carbocycles. The third-order valence-electron chi connectivity index (χ3n) is 6.70. The van der Waals surface area contributed by atoms with Crippen LogP contribution in [0.5, 0.6) is 0 Å². The maximum atomic E-state index is 5.31. The topological polar surface area (TPSA) is 24.4 Å². The van der Waals surface area contributed by atoms with E-state index in [2.05, 4.69) is 87.7 Å². The monoisotopic (exact) mass is 384 g/mol. The highest BCUT2D eigenvalue weighted by Crippen LogP contribution is 2.49. The first kappa shape index (κ1) is 21.8. The Balaban J connectivity index is 2.67. The minimum Gasteiger partial charge on any atom is -0.352 e. The molecule has 148 valence electrons. The fourth-order valence-electron chi connectivity index (χ4n) is 3.85. The van der Waals surface area contributed by atoms with Crippen molar-refractivity contribution in [1.82, 2.24) is 0 Å². The summed E-state index contributed by atoms with van der Waals surface area (Å²) in [6.45, 7) is 26.8. The lowest BCUT2D eigenvalue weighted by Crippen LogP contribution is -2.05. The maximum absolute atomic E-state index is 5.31. The molecule has 0 bridgehead atoms. The zero-order valence-electron chi connectivity index (χ0n) is 19.4. The molecule has 0 spiro atoms. The molecule has 0 radical (unpaired) electrons. The molecule has 1 N–H and O–H groups in total. The predicted octanol–water partition coefficient (Wildman–Crippen LogP) is 7.89. The number of hydrogen-bond donors (Lipinski definition) is 1. The van der Waals surface area contributed by atoms with Crippen LogP contribution in [0.2, 0.25) is 0 Å². The van der Waals surface area contributed by atoms with Gasteiger partial charge in [0, 0.05) is 5.69 Å². The lowest BCUT2D eigenvalue weighted by atomic mass is 9.93. The molecule has 27 heavy (non-hydrogen) atoms. The van der Waals surface area contributed by atoms with Gasteiger partial charge >= 0.3 is 0 Å². The summed E-state index contributed by atoms with van der Waals surface area (Å²) < 4.78 is 5.31. The average Bonchev–Trinajstić information content (AvgIpc) is 2.62. The highest BCUT2D eigenvalue weighted by molar-refractivity contribution is 7.66. The molecule has 0 atom stereocenters. The first-order valence-electron chi connectivity index (χ1n) is 9.79. The number of nitrogens with one attached hydrogen (secondary N) is 1. The van der Waals surface area contributed by atoms with Crippen molar-refractivity contribution in [2.45, 2.75) is 69.2 Å². The Morgan fingerprint density at radius 2 is 0.778 bits per heavy atom. The molecule has 2 aromatic carbocycles. The Bertz CT molecular complexity index is 917. The zero-order valence-corrected chi connectivity index (χ0v) is 20.3. The summed E-state index contributed by atoms with van der Waals surface area (Å²) >= 11 is 0. The first-order valence-corrected chi connectivity index (χ1v) is 12.4. The van der Waals surface area contributed by atoms with Gasteiger partial charge in [-0.1, -0.05) is 0 Å². The van der Waals surface area contributed by atoms with Crippen molar-refractivity contribution in [3.05, 3.63) is 55.6 Å². The normalized spacial score (nSPS) is 11.7. The van der Waals surface area contributed by atoms with Gasteiger partial charge in [0.2, 0.25) is 0 Å². The Morgan fingerprint density at radius 1 is 0.481 bits per heavy atom. The van der Waals surface area contributed by atoms with Gasteiger partial charge in [0.15, 0.2) is 0 Å². The van der Waals surface area contributed by atoms with Crippen LogP contribution < -0.4 is 5.09 Å². The van der Waals surface area contributed by atoms with Gasteiger partial charge in [-0.15, -0.1) is 0 Å². The van der Waals surface area contributed by atoms with Crippen molar-refractivity contribution in [2.24, 2.45) is 4.74 Å². The van der Waals surface area contributed by atoms with E-state index in [0.717, 1.165) is 0 Å². The van der Waals surface area contributed by atoms with Crippen molar-refractivity contribution in [3.8, 4) is 0 Å². The molecule has 0 aliphatic carbocycles. The minimum atomic E-state index is -1.73. The van der Waals surface area contributed by atoms with Crippen LogP contribution in [0.3, 0.4) is 0 Å². The van der Waals surface area contributed by atoms with E-state index in [9.17, 15) is 0 Å². The minimum absolute atomic E-state index is 1.18. The summed E-state index contributed by atoms with van der Waals surface area (Å²) in [6.07, 6.45) is 0. The first-order chi connectivity index (χ1) is 12.3. The highest BCUT2D eigenvalue weighted by atomic mass is 31.2. The third-order valence-corrected chi connectivity index (χ3v) is 8.17. The van der Waals surface area contributed by atoms with Crippen LogP contribution in [0.4, 0.5) is 11.4 Å². The third kappa shape index (κ3) is 3.87. The maximum Gasteiger partial charge on any atom is 0.0698 e. The second kappa shape index (κ2) is 7.47. The fourth-order valence-corrected chi connectivity index (χ4v) is 5.58. The number of anilines is 1. The smallest absolute Gasteiger partial charge is 0.0698 e. The van der Waals surface area contributed by atoms with E-state index < -0.39 is 7.21 Å². The molecule has 0 amide bonds. The molecule has 2 aromatic rings. The fraction of sp³-hybridized carbons (Fsp3) is 0.500. The standard InChI is InChI=1S/C24H37N2P/c1-13-15(3)19(7)23(20(8)16(13)4)25-27(11,12)26-24-21(9)17(5)14(2)18(6)22(24)10/h25H,1-12H3. The van der Waals surface area contributed by atoms with Gasteiger partial charge in [0.25, 0.3) is 0 Å². The van der Waals surface area contributed by atoms with Crippen molar-refractivity contribution in [3.63, 3.8) is 0 Å². The van der Waals surface area contributed by atoms with Gasteiger partial charge < -0.3 is 5.09 Å². The van der Waals surface area contributed by atoms with Crippen LogP contribution in [0.15, 0.2) is 4.74 Å². The predicted molar refractivity (Wildman–Crippen MR) is 125 cm³/mol. The molecule has 0 saturated heterocycles. The Kier molecular flexibility index (Phi) is 6.02. The van der Waals surface area contributed by atoms with E-state index in [1.165, 1.54) is 67.0 Å². The summed E-state index contributed by atoms with van der Waals surface area (Å²) in [5.74, 6) is 0. The number of rotatable bonds is 3. The van der Waals surface area contributed by atoms with Crippen molar-refractivity contribution >= 4 is 18.6 Å². The molecule has 2 nitrogen and oxygen atoms in total. The summed E-state index contributed by atoms with van der Waals surface area (Å²) in [7, 11) is -1.73. The van der Waals surface area contributed by atoms with E-state index in [1.54, 1.807) is 0 Å². The molecule has 0 heterocycles. The highest BCUT2D eigenvalue weighted by Gasteiger charge is 2.18. The molecule has 0 aromatic heterocycles. The lowest BCUT2D eigenvalue weighted by molar-refractivity contribution is 1.16. The summed E-state index contributed by atoms with van der Waals surface area (Å²) in [4.78, 5) is 0. The molecule has 3 heteroatoms. The van der Waals surface area contributed by atoms with Crippen molar-refractivity contribution in [2.75, 3.05) is 18.4 Å². The van der Waals surface area contributed by atoms with E-state index >= 15 is 0 Å². The molecular formula is C24H37N2P. The Morgan fingerprint density at radius 3 is 1.15 bits per heavy atom. The van der Waals surface area contributed by atoms with E-state index in [4.69, 9.17) is 4.74 Å². The van der Waals surface area contributed by atoms with Crippen LogP contribution in [-0.4, -0.2) is 13.3 Å². The quantitative estimate of drug-likeness (QED) is 0.535. The van der Waals surface area contributed by atoms with Gasteiger partial charge in [-0.05, 0) is 138 Å². The summed E-state index contributed by atoms with van der Waals surface area (Å²) in [5.41, 5.74) is 16.1. The van der Waals surface area contributed by atoms with Crippen molar-refractivity contribution < 1.29 is 0 Å². The van der Waals surface area contributed by atoms with Crippen LogP contribution in [-0.2, 0) is 0 Å². The van der Waals surface area contributed by atoms with Crippen LogP contribution in [0.25, 0.3) is 0 Å². The Labute approximate surface area is 166 Å². The van der Waals surface area contributed by atoms with Gasteiger partial charge in [-0.25, -0.2) is 4.74 Å². The Hall–Kier alpha value is -1.53. The number of nitrogens with zero attached hydrogens (tertiary/aromatic N) is 1. The van der Waals surface area contributed by atoms with Gasteiger partial charge in [0.05, 0.1) is 12.9 Å². The van der Waals surface area contributed by atoms with E-state index in [0.29, 0.717) is 0 Å². The van der Waals surface area contributed by atoms with Gasteiger partial charge in [-0.2, -0.15) is 0 Å². The molecule has 0 aliphatic rings. The largest absolute Gasteiger partial charge is 0.352 e. The second-order valence-electron chi connectivity index (χ2n) is 8.58. The number of hydrogen-bond acceptors (Lipinski definition) is 1. The van der Waals surface area contributed by atoms with Crippen LogP contribution in [0.1, 0.15) is 55.6 Å². The molecule has 0 unspecified atom stereocenters. The molecule has 2 rings (SSSR count). The van der Waals surface area contributed by atoms with E-state index in [1.807, 2.05) is 0 Å².